The molecule has 3 amide bonds. The minimum atomic E-state index is -0.168. The highest BCUT2D eigenvalue weighted by Crippen LogP contribution is 2.26. The van der Waals surface area contributed by atoms with E-state index in [0.717, 1.165) is 44.3 Å². The Balaban J connectivity index is 1.49. The van der Waals surface area contributed by atoms with E-state index in [1.54, 1.807) is 9.80 Å². The highest BCUT2D eigenvalue weighted by Gasteiger charge is 2.27. The molecule has 0 radical (unpaired) electrons. The number of hydrogen-bond donors (Lipinski definition) is 0. The second-order valence-electron chi connectivity index (χ2n) is 8.20. The molecule has 1 aromatic carbocycles. The standard InChI is InChI=1S/C23H28N4O3S/c1-17-7-9-19(10-8-17)27(15-22(30)25-11-3-2-4-12-25)21(29)14-18-16-31-23(24-18)26-13-5-6-20(26)28/h7-10,16H,2-6,11-15H2,1H3. The number of likely N-dealkylation sites (tertiary alicyclic amines) is 1. The predicted octanol–water partition coefficient (Wildman–Crippen LogP) is 3.17. The summed E-state index contributed by atoms with van der Waals surface area (Å²) >= 11 is 1.39. The van der Waals surface area contributed by atoms with Crippen LogP contribution in [0.2, 0.25) is 0 Å². The average molecular weight is 441 g/mol. The van der Waals surface area contributed by atoms with Gasteiger partial charge in [-0.25, -0.2) is 4.98 Å². The molecule has 1 aromatic heterocycles. The first-order valence-electron chi connectivity index (χ1n) is 10.9. The van der Waals surface area contributed by atoms with Gasteiger partial charge < -0.3 is 9.80 Å². The van der Waals surface area contributed by atoms with Crippen LogP contribution in [0.3, 0.4) is 0 Å². The van der Waals surface area contributed by atoms with Crippen molar-refractivity contribution in [2.24, 2.45) is 0 Å². The van der Waals surface area contributed by atoms with Gasteiger partial charge in [0.25, 0.3) is 0 Å². The average Bonchev–Trinajstić information content (AvgIpc) is 3.41. The summed E-state index contributed by atoms with van der Waals surface area (Å²) < 4.78 is 0. The number of benzene rings is 1. The van der Waals surface area contributed by atoms with Crippen molar-refractivity contribution in [3.63, 3.8) is 0 Å². The van der Waals surface area contributed by atoms with Gasteiger partial charge in [-0.1, -0.05) is 17.7 Å². The molecule has 0 N–H and O–H groups in total. The summed E-state index contributed by atoms with van der Waals surface area (Å²) in [5.74, 6) is -0.102. The van der Waals surface area contributed by atoms with E-state index < -0.39 is 0 Å². The van der Waals surface area contributed by atoms with Crippen molar-refractivity contribution in [2.45, 2.75) is 45.4 Å². The lowest BCUT2D eigenvalue weighted by molar-refractivity contribution is -0.132. The fraction of sp³-hybridized carbons (Fsp3) is 0.478. The quantitative estimate of drug-likeness (QED) is 0.692. The molecule has 2 aromatic rings. The third-order valence-electron chi connectivity index (χ3n) is 5.83. The third-order valence-corrected chi connectivity index (χ3v) is 6.74. The van der Waals surface area contributed by atoms with Crippen LogP contribution in [0.15, 0.2) is 29.6 Å². The number of nitrogens with zero attached hydrogens (tertiary/aromatic N) is 4. The molecule has 0 spiro atoms. The molecule has 31 heavy (non-hydrogen) atoms. The van der Waals surface area contributed by atoms with Crippen LogP contribution in [0.4, 0.5) is 10.8 Å². The minimum Gasteiger partial charge on any atom is -0.341 e. The van der Waals surface area contributed by atoms with Crippen LogP contribution in [0.1, 0.15) is 43.4 Å². The van der Waals surface area contributed by atoms with Crippen LogP contribution in [0.5, 0.6) is 0 Å². The van der Waals surface area contributed by atoms with Crippen molar-refractivity contribution >= 4 is 39.9 Å². The molecule has 2 saturated heterocycles. The Morgan fingerprint density at radius 2 is 1.81 bits per heavy atom. The predicted molar refractivity (Wildman–Crippen MR) is 121 cm³/mol. The van der Waals surface area contributed by atoms with E-state index in [4.69, 9.17) is 0 Å². The molecule has 8 heteroatoms. The summed E-state index contributed by atoms with van der Waals surface area (Å²) in [6.07, 6.45) is 4.66. The second-order valence-corrected chi connectivity index (χ2v) is 9.04. The molecule has 164 valence electrons. The van der Waals surface area contributed by atoms with Crippen molar-refractivity contribution in [2.75, 3.05) is 36.0 Å². The highest BCUT2D eigenvalue weighted by molar-refractivity contribution is 7.14. The second kappa shape index (κ2) is 9.60. The van der Waals surface area contributed by atoms with Gasteiger partial charge in [0.05, 0.1) is 12.1 Å². The molecular formula is C23H28N4O3S. The van der Waals surface area contributed by atoms with Gasteiger partial charge in [0, 0.05) is 37.1 Å². The van der Waals surface area contributed by atoms with E-state index in [2.05, 4.69) is 4.98 Å². The first kappa shape index (κ1) is 21.5. The number of carbonyl (C=O) groups is 3. The van der Waals surface area contributed by atoms with Crippen LogP contribution < -0.4 is 9.80 Å². The van der Waals surface area contributed by atoms with Crippen molar-refractivity contribution in [1.82, 2.24) is 9.88 Å². The lowest BCUT2D eigenvalue weighted by atomic mass is 10.1. The Kier molecular flexibility index (Phi) is 6.65. The Hall–Kier alpha value is -2.74. The van der Waals surface area contributed by atoms with Gasteiger partial charge in [0.1, 0.15) is 6.54 Å². The summed E-state index contributed by atoms with van der Waals surface area (Å²) in [5.41, 5.74) is 2.44. The minimum absolute atomic E-state index is 0.0183. The number of anilines is 2. The summed E-state index contributed by atoms with van der Waals surface area (Å²) in [6.45, 7) is 4.22. The summed E-state index contributed by atoms with van der Waals surface area (Å²) in [7, 11) is 0. The van der Waals surface area contributed by atoms with Gasteiger partial charge in [-0.15, -0.1) is 11.3 Å². The smallest absolute Gasteiger partial charge is 0.242 e. The number of piperidine rings is 1. The Morgan fingerprint density at radius 1 is 1.06 bits per heavy atom. The number of aromatic nitrogens is 1. The zero-order chi connectivity index (χ0) is 21.8. The topological polar surface area (TPSA) is 73.8 Å². The maximum Gasteiger partial charge on any atom is 0.242 e. The molecular weight excluding hydrogens is 412 g/mol. The Morgan fingerprint density at radius 3 is 2.48 bits per heavy atom. The van der Waals surface area contributed by atoms with Crippen LogP contribution in [-0.4, -0.2) is 53.8 Å². The molecule has 0 atom stereocenters. The molecule has 0 unspecified atom stereocenters. The Labute approximate surface area is 186 Å². The molecule has 0 bridgehead atoms. The normalized spacial score (nSPS) is 16.6. The van der Waals surface area contributed by atoms with Gasteiger partial charge in [0.2, 0.25) is 17.7 Å². The first-order chi connectivity index (χ1) is 15.0. The highest BCUT2D eigenvalue weighted by atomic mass is 32.1. The van der Waals surface area contributed by atoms with E-state index in [1.807, 2.05) is 41.5 Å². The van der Waals surface area contributed by atoms with Gasteiger partial charge in [0.15, 0.2) is 5.13 Å². The van der Waals surface area contributed by atoms with Crippen molar-refractivity contribution in [3.8, 4) is 0 Å². The monoisotopic (exact) mass is 440 g/mol. The van der Waals surface area contributed by atoms with Crippen molar-refractivity contribution in [3.05, 3.63) is 40.9 Å². The number of thiazole rings is 1. The maximum absolute atomic E-state index is 13.3. The van der Waals surface area contributed by atoms with E-state index in [1.165, 1.54) is 11.3 Å². The number of carbonyl (C=O) groups excluding carboxylic acids is 3. The molecule has 7 nitrogen and oxygen atoms in total. The summed E-state index contributed by atoms with van der Waals surface area (Å²) in [6, 6.07) is 7.65. The zero-order valence-electron chi connectivity index (χ0n) is 17.9. The van der Waals surface area contributed by atoms with E-state index in [0.29, 0.717) is 29.5 Å². The van der Waals surface area contributed by atoms with Gasteiger partial charge in [-0.3, -0.25) is 19.3 Å². The lowest BCUT2D eigenvalue weighted by Gasteiger charge is -2.30. The molecule has 2 aliphatic heterocycles. The fourth-order valence-corrected chi connectivity index (χ4v) is 4.90. The van der Waals surface area contributed by atoms with Gasteiger partial charge in [-0.05, 0) is 44.7 Å². The van der Waals surface area contributed by atoms with Crippen LogP contribution in [0, 0.1) is 6.92 Å². The molecule has 0 saturated carbocycles. The van der Waals surface area contributed by atoms with Crippen LogP contribution >= 0.6 is 11.3 Å². The summed E-state index contributed by atoms with van der Waals surface area (Å²) in [5, 5.41) is 2.48. The van der Waals surface area contributed by atoms with E-state index in [9.17, 15) is 14.4 Å². The number of hydrogen-bond acceptors (Lipinski definition) is 5. The molecule has 2 fully saturated rings. The molecule has 0 aliphatic carbocycles. The Bertz CT molecular complexity index is 950. The molecule has 4 rings (SSSR count). The SMILES string of the molecule is Cc1ccc(N(CC(=O)N2CCCCC2)C(=O)Cc2csc(N3CCCC3=O)n2)cc1. The van der Waals surface area contributed by atoms with Crippen molar-refractivity contribution < 1.29 is 14.4 Å². The molecule has 3 heterocycles. The van der Waals surface area contributed by atoms with E-state index >= 15 is 0 Å². The summed E-state index contributed by atoms with van der Waals surface area (Å²) in [4.78, 5) is 47.8. The number of rotatable bonds is 6. The van der Waals surface area contributed by atoms with E-state index in [-0.39, 0.29) is 30.7 Å². The zero-order valence-corrected chi connectivity index (χ0v) is 18.7. The van der Waals surface area contributed by atoms with Crippen LogP contribution in [-0.2, 0) is 20.8 Å². The third kappa shape index (κ3) is 5.12. The largest absolute Gasteiger partial charge is 0.341 e. The van der Waals surface area contributed by atoms with Crippen molar-refractivity contribution in [1.29, 1.82) is 0 Å². The fourth-order valence-electron chi connectivity index (χ4n) is 4.03. The first-order valence-corrected chi connectivity index (χ1v) is 11.8. The number of aryl methyl sites for hydroxylation is 1. The van der Waals surface area contributed by atoms with Gasteiger partial charge >= 0.3 is 0 Å². The number of amides is 3. The molecule has 2 aliphatic rings. The maximum atomic E-state index is 13.3. The lowest BCUT2D eigenvalue weighted by Crippen LogP contribution is -2.45. The van der Waals surface area contributed by atoms with Gasteiger partial charge in [-0.2, -0.15) is 0 Å². The van der Waals surface area contributed by atoms with Crippen LogP contribution in [0.25, 0.3) is 0 Å².